The molecule has 0 aliphatic rings. The van der Waals surface area contributed by atoms with Crippen molar-refractivity contribution < 1.29 is 5.11 Å². The first-order valence-electron chi connectivity index (χ1n) is 3.63. The van der Waals surface area contributed by atoms with Crippen LogP contribution in [-0.4, -0.2) is 5.11 Å². The Morgan fingerprint density at radius 2 is 2.23 bits per heavy atom. The summed E-state index contributed by atoms with van der Waals surface area (Å²) < 4.78 is 0.750. The molecule has 0 bridgehead atoms. The van der Waals surface area contributed by atoms with E-state index in [1.807, 2.05) is 6.07 Å². The number of thiophene rings is 1. The third-order valence-electron chi connectivity index (χ3n) is 1.86. The summed E-state index contributed by atoms with van der Waals surface area (Å²) in [5.74, 6) is 0.0110. The highest BCUT2D eigenvalue weighted by molar-refractivity contribution is 7.18. The molecule has 1 heterocycles. The molecule has 0 fully saturated rings. The van der Waals surface area contributed by atoms with Crippen molar-refractivity contribution in [2.75, 3.05) is 5.73 Å². The van der Waals surface area contributed by atoms with Crippen LogP contribution in [0.2, 0.25) is 0 Å². The molecule has 13 heavy (non-hydrogen) atoms. The molecule has 2 rings (SSSR count). The van der Waals surface area contributed by atoms with Gasteiger partial charge in [-0.2, -0.15) is 5.26 Å². The number of fused-ring (bicyclic) bond motifs is 1. The van der Waals surface area contributed by atoms with Crippen molar-refractivity contribution in [3.63, 3.8) is 0 Å². The molecule has 0 saturated carbocycles. The van der Waals surface area contributed by atoms with Gasteiger partial charge in [-0.1, -0.05) is 0 Å². The fourth-order valence-electron chi connectivity index (χ4n) is 1.22. The average Bonchev–Trinajstić information content (AvgIpc) is 2.48. The minimum Gasteiger partial charge on any atom is -0.507 e. The Bertz CT molecular complexity index is 510. The Kier molecular flexibility index (Phi) is 1.61. The van der Waals surface area contributed by atoms with Crippen LogP contribution < -0.4 is 5.73 Å². The van der Waals surface area contributed by atoms with E-state index in [-0.39, 0.29) is 5.75 Å². The maximum Gasteiger partial charge on any atom is 0.134 e. The monoisotopic (exact) mass is 190 g/mol. The van der Waals surface area contributed by atoms with Crippen LogP contribution >= 0.6 is 11.3 Å². The summed E-state index contributed by atoms with van der Waals surface area (Å²) in [5.41, 5.74) is 6.62. The highest BCUT2D eigenvalue weighted by Crippen LogP contribution is 2.34. The first kappa shape index (κ1) is 7.90. The minimum absolute atomic E-state index is 0.0110. The zero-order chi connectivity index (χ0) is 9.42. The predicted molar refractivity (Wildman–Crippen MR) is 52.6 cm³/mol. The number of nitrogens with two attached hydrogens (primary N) is 1. The molecule has 4 heteroatoms. The number of nitrogen functional groups attached to an aromatic ring is 1. The predicted octanol–water partition coefficient (Wildman–Crippen LogP) is 2.06. The van der Waals surface area contributed by atoms with E-state index in [9.17, 15) is 5.11 Å². The van der Waals surface area contributed by atoms with Crippen molar-refractivity contribution in [1.29, 1.82) is 5.26 Å². The van der Waals surface area contributed by atoms with Gasteiger partial charge in [0.1, 0.15) is 17.4 Å². The van der Waals surface area contributed by atoms with Gasteiger partial charge < -0.3 is 10.8 Å². The molecule has 0 saturated heterocycles. The average molecular weight is 190 g/mol. The summed E-state index contributed by atoms with van der Waals surface area (Å²) in [7, 11) is 0. The number of benzene rings is 1. The largest absolute Gasteiger partial charge is 0.507 e. The molecule has 64 valence electrons. The van der Waals surface area contributed by atoms with E-state index in [0.29, 0.717) is 11.3 Å². The van der Waals surface area contributed by atoms with Crippen LogP contribution in [0, 0.1) is 11.3 Å². The summed E-state index contributed by atoms with van der Waals surface area (Å²) in [4.78, 5) is 0. The Morgan fingerprint density at radius 1 is 1.46 bits per heavy atom. The molecule has 0 spiro atoms. The van der Waals surface area contributed by atoms with E-state index < -0.39 is 0 Å². The Balaban J connectivity index is 2.95. The molecule has 0 radical (unpaired) electrons. The number of rotatable bonds is 0. The number of phenolic OH excluding ortho intramolecular Hbond substituents is 1. The zero-order valence-electron chi connectivity index (χ0n) is 6.61. The molecular formula is C9H6N2OS. The molecule has 0 unspecified atom stereocenters. The van der Waals surface area contributed by atoms with Crippen LogP contribution in [0.4, 0.5) is 5.69 Å². The molecule has 1 aromatic carbocycles. The number of phenols is 1. The molecule has 1 aromatic heterocycles. The molecule has 2 aromatic rings. The molecule has 0 atom stereocenters. The van der Waals surface area contributed by atoms with Crippen LogP contribution in [0.25, 0.3) is 10.1 Å². The SMILES string of the molecule is N#Cc1c(O)ccc2c(N)csc12. The van der Waals surface area contributed by atoms with E-state index in [1.165, 1.54) is 17.4 Å². The van der Waals surface area contributed by atoms with Gasteiger partial charge in [0, 0.05) is 10.8 Å². The Labute approximate surface area is 78.6 Å². The smallest absolute Gasteiger partial charge is 0.134 e. The molecule has 0 amide bonds. The number of hydrogen-bond acceptors (Lipinski definition) is 4. The van der Waals surface area contributed by atoms with E-state index in [4.69, 9.17) is 11.0 Å². The van der Waals surface area contributed by atoms with Gasteiger partial charge in [-0.25, -0.2) is 0 Å². The Hall–Kier alpha value is -1.73. The number of nitriles is 1. The van der Waals surface area contributed by atoms with Gasteiger partial charge in [-0.05, 0) is 12.1 Å². The fourth-order valence-corrected chi connectivity index (χ4v) is 2.17. The van der Waals surface area contributed by atoms with Crippen molar-refractivity contribution in [3.8, 4) is 11.8 Å². The number of hydrogen-bond donors (Lipinski definition) is 2. The normalized spacial score (nSPS) is 10.1. The second-order valence-corrected chi connectivity index (χ2v) is 3.52. The topological polar surface area (TPSA) is 70.0 Å². The zero-order valence-corrected chi connectivity index (χ0v) is 7.43. The van der Waals surface area contributed by atoms with Gasteiger partial charge in [-0.15, -0.1) is 11.3 Å². The number of nitrogens with zero attached hydrogens (tertiary/aromatic N) is 1. The first-order chi connectivity index (χ1) is 6.24. The lowest BCUT2D eigenvalue weighted by Crippen LogP contribution is -1.81. The van der Waals surface area contributed by atoms with Gasteiger partial charge in [0.2, 0.25) is 0 Å². The minimum atomic E-state index is 0.0110. The van der Waals surface area contributed by atoms with Crippen molar-refractivity contribution in [2.24, 2.45) is 0 Å². The lowest BCUT2D eigenvalue weighted by atomic mass is 10.1. The van der Waals surface area contributed by atoms with Crippen LogP contribution in [0.5, 0.6) is 5.75 Å². The highest BCUT2D eigenvalue weighted by atomic mass is 32.1. The van der Waals surface area contributed by atoms with Gasteiger partial charge in [-0.3, -0.25) is 0 Å². The summed E-state index contributed by atoms with van der Waals surface area (Å²) >= 11 is 1.37. The summed E-state index contributed by atoms with van der Waals surface area (Å²) in [6.45, 7) is 0. The summed E-state index contributed by atoms with van der Waals surface area (Å²) in [6, 6.07) is 5.17. The van der Waals surface area contributed by atoms with Crippen molar-refractivity contribution in [1.82, 2.24) is 0 Å². The van der Waals surface area contributed by atoms with Crippen LogP contribution in [0.3, 0.4) is 0 Å². The second kappa shape index (κ2) is 2.64. The summed E-state index contributed by atoms with van der Waals surface area (Å²) in [6.07, 6.45) is 0. The summed E-state index contributed by atoms with van der Waals surface area (Å²) in [5, 5.41) is 20.7. The van der Waals surface area contributed by atoms with Gasteiger partial charge in [0.05, 0.1) is 10.4 Å². The Morgan fingerprint density at radius 3 is 2.92 bits per heavy atom. The van der Waals surface area contributed by atoms with Gasteiger partial charge in [0.15, 0.2) is 0 Å². The van der Waals surface area contributed by atoms with Crippen molar-refractivity contribution >= 4 is 27.1 Å². The number of anilines is 1. The van der Waals surface area contributed by atoms with Crippen molar-refractivity contribution in [2.45, 2.75) is 0 Å². The van der Waals surface area contributed by atoms with Crippen LogP contribution in [0.15, 0.2) is 17.5 Å². The lowest BCUT2D eigenvalue weighted by Gasteiger charge is -1.96. The molecule has 0 aliphatic heterocycles. The highest BCUT2D eigenvalue weighted by Gasteiger charge is 2.09. The second-order valence-electron chi connectivity index (χ2n) is 2.64. The maximum absolute atomic E-state index is 9.36. The van der Waals surface area contributed by atoms with Gasteiger partial charge in [0.25, 0.3) is 0 Å². The third kappa shape index (κ3) is 1.02. The molecule has 3 nitrogen and oxygen atoms in total. The van der Waals surface area contributed by atoms with Crippen LogP contribution in [-0.2, 0) is 0 Å². The van der Waals surface area contributed by atoms with E-state index in [2.05, 4.69) is 0 Å². The molecule has 3 N–H and O–H groups in total. The van der Waals surface area contributed by atoms with Crippen LogP contribution in [0.1, 0.15) is 5.56 Å². The van der Waals surface area contributed by atoms with E-state index in [1.54, 1.807) is 11.4 Å². The quantitative estimate of drug-likeness (QED) is 0.668. The fraction of sp³-hybridized carbons (Fsp3) is 0. The van der Waals surface area contributed by atoms with Crippen molar-refractivity contribution in [3.05, 3.63) is 23.1 Å². The lowest BCUT2D eigenvalue weighted by molar-refractivity contribution is 0.474. The number of aromatic hydroxyl groups is 1. The molecule has 0 aliphatic carbocycles. The molecular weight excluding hydrogens is 184 g/mol. The first-order valence-corrected chi connectivity index (χ1v) is 4.50. The third-order valence-corrected chi connectivity index (χ3v) is 2.89. The van der Waals surface area contributed by atoms with E-state index in [0.717, 1.165) is 10.1 Å². The van der Waals surface area contributed by atoms with E-state index >= 15 is 0 Å². The standard InChI is InChI=1S/C9H6N2OS/c10-3-6-8(12)2-1-5-7(11)4-13-9(5)6/h1-2,4,12H,11H2. The van der Waals surface area contributed by atoms with Gasteiger partial charge >= 0.3 is 0 Å². The maximum atomic E-state index is 9.36.